The summed E-state index contributed by atoms with van der Waals surface area (Å²) >= 11 is 0. The van der Waals surface area contributed by atoms with E-state index in [0.717, 1.165) is 0 Å². The largest absolute Gasteiger partial charge is 0.478 e. The van der Waals surface area contributed by atoms with Crippen molar-refractivity contribution in [3.8, 4) is 0 Å². The van der Waals surface area contributed by atoms with Gasteiger partial charge in [0.1, 0.15) is 17.1 Å². The molecule has 0 aliphatic rings. The Bertz CT molecular complexity index is 469. The zero-order chi connectivity index (χ0) is 15.1. The molecule has 0 aromatic carbocycles. The first-order valence-corrected chi connectivity index (χ1v) is 6.33. The Kier molecular flexibility index (Phi) is 6.05. The average Bonchev–Trinajstić information content (AvgIpc) is 2.78. The van der Waals surface area contributed by atoms with Crippen LogP contribution in [0.15, 0.2) is 10.5 Å². The monoisotopic (exact) mass is 284 g/mol. The third-order valence-corrected chi connectivity index (χ3v) is 2.85. The van der Waals surface area contributed by atoms with Gasteiger partial charge in [-0.05, 0) is 19.9 Å². The average molecular weight is 284 g/mol. The lowest BCUT2D eigenvalue weighted by Crippen LogP contribution is -2.41. The van der Waals surface area contributed by atoms with Crippen molar-refractivity contribution < 1.29 is 23.8 Å². The van der Waals surface area contributed by atoms with Crippen LogP contribution in [0.4, 0.5) is 4.79 Å². The third kappa shape index (κ3) is 4.27. The SMILES string of the molecule is CCN(CCOC)C(=O)NCc1cc(C(=O)O)c(C)o1. The lowest BCUT2D eigenvalue weighted by molar-refractivity contribution is 0.0695. The lowest BCUT2D eigenvalue weighted by atomic mass is 10.2. The number of rotatable bonds is 7. The molecule has 1 aromatic rings. The molecule has 0 saturated heterocycles. The second-order valence-electron chi connectivity index (χ2n) is 4.22. The number of carboxylic acid groups (broad SMARTS) is 1. The summed E-state index contributed by atoms with van der Waals surface area (Å²) in [6.45, 7) is 5.12. The Labute approximate surface area is 117 Å². The van der Waals surface area contributed by atoms with Crippen molar-refractivity contribution in [3.05, 3.63) is 23.2 Å². The number of methoxy groups -OCH3 is 1. The van der Waals surface area contributed by atoms with E-state index in [-0.39, 0.29) is 18.1 Å². The maximum Gasteiger partial charge on any atom is 0.339 e. The van der Waals surface area contributed by atoms with Crippen LogP contribution >= 0.6 is 0 Å². The number of ether oxygens (including phenoxy) is 1. The second-order valence-corrected chi connectivity index (χ2v) is 4.22. The summed E-state index contributed by atoms with van der Waals surface area (Å²) in [5, 5.41) is 11.6. The van der Waals surface area contributed by atoms with Crippen LogP contribution in [0.25, 0.3) is 0 Å². The molecule has 7 nitrogen and oxygen atoms in total. The van der Waals surface area contributed by atoms with Crippen molar-refractivity contribution in [3.63, 3.8) is 0 Å². The zero-order valence-electron chi connectivity index (χ0n) is 11.9. The van der Waals surface area contributed by atoms with E-state index in [1.807, 2.05) is 6.92 Å². The molecular weight excluding hydrogens is 264 g/mol. The molecule has 2 N–H and O–H groups in total. The molecule has 0 saturated carbocycles. The fraction of sp³-hybridized carbons (Fsp3) is 0.538. The van der Waals surface area contributed by atoms with Crippen LogP contribution in [-0.2, 0) is 11.3 Å². The summed E-state index contributed by atoms with van der Waals surface area (Å²) < 4.78 is 10.2. The fourth-order valence-corrected chi connectivity index (χ4v) is 1.72. The number of likely N-dealkylation sites (N-methyl/N-ethyl adjacent to an activating group) is 1. The number of amides is 2. The fourth-order valence-electron chi connectivity index (χ4n) is 1.72. The van der Waals surface area contributed by atoms with Gasteiger partial charge in [-0.25, -0.2) is 9.59 Å². The number of nitrogens with zero attached hydrogens (tertiary/aromatic N) is 1. The quantitative estimate of drug-likeness (QED) is 0.791. The van der Waals surface area contributed by atoms with Gasteiger partial charge < -0.3 is 24.5 Å². The highest BCUT2D eigenvalue weighted by molar-refractivity contribution is 5.88. The van der Waals surface area contributed by atoms with E-state index in [2.05, 4.69) is 5.32 Å². The van der Waals surface area contributed by atoms with Gasteiger partial charge in [0, 0.05) is 20.2 Å². The number of carboxylic acids is 1. The first-order chi connectivity index (χ1) is 9.49. The zero-order valence-corrected chi connectivity index (χ0v) is 11.9. The molecule has 0 spiro atoms. The molecule has 0 aliphatic heterocycles. The van der Waals surface area contributed by atoms with Crippen LogP contribution in [0.2, 0.25) is 0 Å². The number of aromatic carboxylic acids is 1. The summed E-state index contributed by atoms with van der Waals surface area (Å²) in [5.41, 5.74) is 0.112. The van der Waals surface area contributed by atoms with E-state index in [1.54, 1.807) is 18.9 Å². The van der Waals surface area contributed by atoms with E-state index >= 15 is 0 Å². The van der Waals surface area contributed by atoms with Gasteiger partial charge in [-0.3, -0.25) is 0 Å². The minimum Gasteiger partial charge on any atom is -0.478 e. The van der Waals surface area contributed by atoms with Crippen LogP contribution in [0.1, 0.15) is 28.8 Å². The first-order valence-electron chi connectivity index (χ1n) is 6.33. The summed E-state index contributed by atoms with van der Waals surface area (Å²) in [6, 6.07) is 1.18. The molecule has 0 atom stereocenters. The number of hydrogen-bond donors (Lipinski definition) is 2. The highest BCUT2D eigenvalue weighted by Gasteiger charge is 2.15. The Morgan fingerprint density at radius 1 is 1.50 bits per heavy atom. The summed E-state index contributed by atoms with van der Waals surface area (Å²) in [4.78, 5) is 24.4. The predicted octanol–water partition coefficient (Wildman–Crippen LogP) is 1.46. The van der Waals surface area contributed by atoms with Gasteiger partial charge in [-0.1, -0.05) is 0 Å². The number of carbonyl (C=O) groups is 2. The molecule has 7 heteroatoms. The van der Waals surface area contributed by atoms with Crippen LogP contribution in [0, 0.1) is 6.92 Å². The molecule has 0 radical (unpaired) electrons. The highest BCUT2D eigenvalue weighted by Crippen LogP contribution is 2.14. The molecule has 20 heavy (non-hydrogen) atoms. The van der Waals surface area contributed by atoms with Crippen LogP contribution in [-0.4, -0.2) is 48.8 Å². The van der Waals surface area contributed by atoms with Crippen molar-refractivity contribution in [2.24, 2.45) is 0 Å². The van der Waals surface area contributed by atoms with Gasteiger partial charge in [0.15, 0.2) is 0 Å². The minimum absolute atomic E-state index is 0.112. The third-order valence-electron chi connectivity index (χ3n) is 2.85. The smallest absolute Gasteiger partial charge is 0.339 e. The van der Waals surface area contributed by atoms with Gasteiger partial charge in [0.2, 0.25) is 0 Å². The number of aryl methyl sites for hydroxylation is 1. The second kappa shape index (κ2) is 7.54. The van der Waals surface area contributed by atoms with Gasteiger partial charge in [0.05, 0.1) is 13.2 Å². The molecule has 1 aromatic heterocycles. The Morgan fingerprint density at radius 2 is 2.20 bits per heavy atom. The molecule has 0 aliphatic carbocycles. The summed E-state index contributed by atoms with van der Waals surface area (Å²) in [5.74, 6) is -0.302. The van der Waals surface area contributed by atoms with Gasteiger partial charge in [-0.2, -0.15) is 0 Å². The molecule has 1 rings (SSSR count). The first kappa shape index (κ1) is 16.0. The number of carbonyl (C=O) groups excluding carboxylic acids is 1. The summed E-state index contributed by atoms with van der Waals surface area (Å²) in [6.07, 6.45) is 0. The highest BCUT2D eigenvalue weighted by atomic mass is 16.5. The molecule has 0 fully saturated rings. The molecule has 2 amide bonds. The normalized spacial score (nSPS) is 10.3. The van der Waals surface area contributed by atoms with E-state index in [1.165, 1.54) is 6.07 Å². The maximum absolute atomic E-state index is 11.9. The molecular formula is C13H20N2O5. The molecule has 0 unspecified atom stereocenters. The van der Waals surface area contributed by atoms with Crippen molar-refractivity contribution in [2.45, 2.75) is 20.4 Å². The van der Waals surface area contributed by atoms with Crippen LogP contribution < -0.4 is 5.32 Å². The summed E-state index contributed by atoms with van der Waals surface area (Å²) in [7, 11) is 1.57. The standard InChI is InChI=1S/C13H20N2O5/c1-4-15(5-6-19-3)13(18)14-8-10-7-11(12(16)17)9(2)20-10/h7H,4-6,8H2,1-3H3,(H,14,18)(H,16,17). The van der Waals surface area contributed by atoms with Crippen molar-refractivity contribution >= 4 is 12.0 Å². The minimum atomic E-state index is -1.04. The lowest BCUT2D eigenvalue weighted by Gasteiger charge is -2.20. The number of nitrogens with one attached hydrogen (secondary N) is 1. The number of furan rings is 1. The molecule has 1 heterocycles. The number of urea groups is 1. The van der Waals surface area contributed by atoms with Crippen molar-refractivity contribution in [2.75, 3.05) is 26.8 Å². The Hall–Kier alpha value is -2.02. The van der Waals surface area contributed by atoms with Crippen molar-refractivity contribution in [1.29, 1.82) is 0 Å². The predicted molar refractivity (Wildman–Crippen MR) is 71.8 cm³/mol. The Morgan fingerprint density at radius 3 is 2.70 bits per heavy atom. The van der Waals surface area contributed by atoms with Crippen LogP contribution in [0.3, 0.4) is 0 Å². The topological polar surface area (TPSA) is 92.0 Å². The number of hydrogen-bond acceptors (Lipinski definition) is 4. The van der Waals surface area contributed by atoms with Crippen LogP contribution in [0.5, 0.6) is 0 Å². The van der Waals surface area contributed by atoms with E-state index in [9.17, 15) is 9.59 Å². The maximum atomic E-state index is 11.9. The Balaban J connectivity index is 2.55. The molecule has 0 bridgehead atoms. The van der Waals surface area contributed by atoms with Gasteiger partial charge >= 0.3 is 12.0 Å². The van der Waals surface area contributed by atoms with E-state index in [0.29, 0.717) is 31.2 Å². The van der Waals surface area contributed by atoms with Crippen molar-refractivity contribution in [1.82, 2.24) is 10.2 Å². The van der Waals surface area contributed by atoms with Gasteiger partial charge in [0.25, 0.3) is 0 Å². The van der Waals surface area contributed by atoms with Gasteiger partial charge in [-0.15, -0.1) is 0 Å². The van der Waals surface area contributed by atoms with E-state index < -0.39 is 5.97 Å². The molecule has 112 valence electrons. The van der Waals surface area contributed by atoms with E-state index in [4.69, 9.17) is 14.3 Å².